The maximum absolute atomic E-state index is 11.5. The van der Waals surface area contributed by atoms with Crippen LogP contribution in [-0.2, 0) is 14.3 Å². The smallest absolute Gasteiger partial charge is 0.333 e. The third-order valence-corrected chi connectivity index (χ3v) is 3.52. The van der Waals surface area contributed by atoms with Crippen LogP contribution in [-0.4, -0.2) is 24.8 Å². The Morgan fingerprint density at radius 3 is 2.67 bits per heavy atom. The van der Waals surface area contributed by atoms with Crippen molar-refractivity contribution in [3.05, 3.63) is 12.2 Å². The molecule has 2 fully saturated rings. The summed E-state index contributed by atoms with van der Waals surface area (Å²) in [5, 5.41) is 0. The number of carbonyl (C=O) groups is 1. The van der Waals surface area contributed by atoms with Crippen LogP contribution in [0.2, 0.25) is 0 Å². The lowest BCUT2D eigenvalue weighted by Crippen LogP contribution is -2.49. The van der Waals surface area contributed by atoms with Crippen molar-refractivity contribution in [1.29, 1.82) is 0 Å². The lowest BCUT2D eigenvalue weighted by atomic mass is 9.70. The van der Waals surface area contributed by atoms with Crippen LogP contribution in [0.15, 0.2) is 12.2 Å². The van der Waals surface area contributed by atoms with Crippen molar-refractivity contribution in [2.75, 3.05) is 13.2 Å². The van der Waals surface area contributed by atoms with E-state index in [1.165, 1.54) is 0 Å². The van der Waals surface area contributed by atoms with E-state index in [1.807, 2.05) is 0 Å². The molecule has 1 saturated heterocycles. The second-order valence-electron chi connectivity index (χ2n) is 4.65. The third-order valence-electron chi connectivity index (χ3n) is 3.52. The molecule has 2 rings (SSSR count). The van der Waals surface area contributed by atoms with Crippen LogP contribution in [0.3, 0.4) is 0 Å². The summed E-state index contributed by atoms with van der Waals surface area (Å²) in [4.78, 5) is 11.5. The van der Waals surface area contributed by atoms with Gasteiger partial charge in [-0.15, -0.1) is 0 Å². The van der Waals surface area contributed by atoms with E-state index in [0.717, 1.165) is 38.9 Å². The van der Waals surface area contributed by atoms with Crippen molar-refractivity contribution < 1.29 is 14.3 Å². The van der Waals surface area contributed by atoms with Crippen LogP contribution in [0, 0.1) is 5.92 Å². The molecular weight excluding hydrogens is 192 g/mol. The minimum absolute atomic E-state index is 0.230. The Labute approximate surface area is 90.4 Å². The van der Waals surface area contributed by atoms with Gasteiger partial charge in [0, 0.05) is 18.1 Å². The SMILES string of the molecule is C=C(C)C(=O)OC1(C2CCOC2)CCC1. The Morgan fingerprint density at radius 2 is 2.27 bits per heavy atom. The molecule has 0 amide bonds. The van der Waals surface area contributed by atoms with Crippen molar-refractivity contribution in [3.63, 3.8) is 0 Å². The second kappa shape index (κ2) is 3.97. The normalized spacial score (nSPS) is 28.2. The predicted molar refractivity (Wildman–Crippen MR) is 56.4 cm³/mol. The molecule has 84 valence electrons. The van der Waals surface area contributed by atoms with Gasteiger partial charge >= 0.3 is 5.97 Å². The first kappa shape index (κ1) is 10.7. The van der Waals surface area contributed by atoms with Gasteiger partial charge in [-0.05, 0) is 32.6 Å². The quantitative estimate of drug-likeness (QED) is 0.528. The van der Waals surface area contributed by atoms with Gasteiger partial charge in [-0.2, -0.15) is 0 Å². The summed E-state index contributed by atoms with van der Waals surface area (Å²) < 4.78 is 11.0. The summed E-state index contributed by atoms with van der Waals surface area (Å²) in [6, 6.07) is 0. The monoisotopic (exact) mass is 210 g/mol. The Kier molecular flexibility index (Phi) is 2.83. The van der Waals surface area contributed by atoms with E-state index in [1.54, 1.807) is 6.92 Å². The Balaban J connectivity index is 2.01. The highest BCUT2D eigenvalue weighted by Crippen LogP contribution is 2.45. The van der Waals surface area contributed by atoms with Crippen molar-refractivity contribution in [2.24, 2.45) is 5.92 Å². The van der Waals surface area contributed by atoms with E-state index in [2.05, 4.69) is 6.58 Å². The Morgan fingerprint density at radius 1 is 1.53 bits per heavy atom. The highest BCUT2D eigenvalue weighted by atomic mass is 16.6. The number of hydrogen-bond acceptors (Lipinski definition) is 3. The predicted octanol–water partition coefficient (Wildman–Crippen LogP) is 2.06. The highest BCUT2D eigenvalue weighted by Gasteiger charge is 2.48. The molecule has 0 bridgehead atoms. The van der Waals surface area contributed by atoms with Crippen LogP contribution < -0.4 is 0 Å². The average molecular weight is 210 g/mol. The summed E-state index contributed by atoms with van der Waals surface area (Å²) in [6.45, 7) is 6.85. The number of ether oxygens (including phenoxy) is 2. The Hall–Kier alpha value is -0.830. The molecule has 1 aliphatic carbocycles. The van der Waals surface area contributed by atoms with Crippen molar-refractivity contribution >= 4 is 5.97 Å². The van der Waals surface area contributed by atoms with Crippen molar-refractivity contribution in [2.45, 2.75) is 38.2 Å². The van der Waals surface area contributed by atoms with Gasteiger partial charge in [0.1, 0.15) is 5.60 Å². The molecule has 3 heteroatoms. The first-order valence-electron chi connectivity index (χ1n) is 5.61. The molecule has 0 spiro atoms. The maximum atomic E-state index is 11.5. The standard InChI is InChI=1S/C12H18O3/c1-9(2)11(13)15-12(5-3-6-12)10-4-7-14-8-10/h10H,1,3-8H2,2H3. The van der Waals surface area contributed by atoms with Crippen LogP contribution in [0.1, 0.15) is 32.6 Å². The molecule has 1 aliphatic heterocycles. The summed E-state index contributed by atoms with van der Waals surface area (Å²) in [7, 11) is 0. The van der Waals surface area contributed by atoms with E-state index in [0.29, 0.717) is 11.5 Å². The van der Waals surface area contributed by atoms with Gasteiger partial charge in [0.05, 0.1) is 6.61 Å². The first-order chi connectivity index (χ1) is 7.14. The fourth-order valence-corrected chi connectivity index (χ4v) is 2.34. The summed E-state index contributed by atoms with van der Waals surface area (Å²) in [6.07, 6.45) is 4.14. The van der Waals surface area contributed by atoms with Crippen LogP contribution >= 0.6 is 0 Å². The van der Waals surface area contributed by atoms with Gasteiger partial charge in [0.15, 0.2) is 0 Å². The zero-order valence-corrected chi connectivity index (χ0v) is 9.25. The van der Waals surface area contributed by atoms with Crippen molar-refractivity contribution in [1.82, 2.24) is 0 Å². The number of hydrogen-bond donors (Lipinski definition) is 0. The summed E-state index contributed by atoms with van der Waals surface area (Å²) >= 11 is 0. The molecule has 0 N–H and O–H groups in total. The lowest BCUT2D eigenvalue weighted by molar-refractivity contribution is -0.175. The minimum Gasteiger partial charge on any atom is -0.455 e. The molecule has 1 saturated carbocycles. The first-order valence-corrected chi connectivity index (χ1v) is 5.61. The van der Waals surface area contributed by atoms with Gasteiger partial charge in [0.2, 0.25) is 0 Å². The van der Waals surface area contributed by atoms with E-state index >= 15 is 0 Å². The molecule has 0 aromatic heterocycles. The van der Waals surface area contributed by atoms with Gasteiger partial charge in [0.25, 0.3) is 0 Å². The second-order valence-corrected chi connectivity index (χ2v) is 4.65. The topological polar surface area (TPSA) is 35.5 Å². The van der Waals surface area contributed by atoms with Crippen molar-refractivity contribution in [3.8, 4) is 0 Å². The largest absolute Gasteiger partial charge is 0.455 e. The number of carbonyl (C=O) groups excluding carboxylic acids is 1. The number of rotatable bonds is 3. The summed E-state index contributed by atoms with van der Waals surface area (Å²) in [5.41, 5.74) is 0.257. The van der Waals surface area contributed by atoms with Gasteiger partial charge in [-0.3, -0.25) is 0 Å². The molecule has 1 atom stereocenters. The van der Waals surface area contributed by atoms with Crippen LogP contribution in [0.5, 0.6) is 0 Å². The molecule has 15 heavy (non-hydrogen) atoms. The molecule has 0 aromatic carbocycles. The molecule has 0 radical (unpaired) electrons. The average Bonchev–Trinajstić information content (AvgIpc) is 2.63. The zero-order chi connectivity index (χ0) is 10.9. The van der Waals surface area contributed by atoms with Gasteiger partial charge < -0.3 is 9.47 Å². The molecule has 3 nitrogen and oxygen atoms in total. The van der Waals surface area contributed by atoms with E-state index in [4.69, 9.17) is 9.47 Å². The number of esters is 1. The van der Waals surface area contributed by atoms with Gasteiger partial charge in [-0.1, -0.05) is 6.58 Å². The third kappa shape index (κ3) is 1.93. The van der Waals surface area contributed by atoms with E-state index in [9.17, 15) is 4.79 Å². The van der Waals surface area contributed by atoms with E-state index < -0.39 is 0 Å². The molecule has 2 aliphatic rings. The summed E-state index contributed by atoms with van der Waals surface area (Å²) in [5.74, 6) is 0.149. The van der Waals surface area contributed by atoms with Crippen LogP contribution in [0.4, 0.5) is 0 Å². The van der Waals surface area contributed by atoms with Gasteiger partial charge in [-0.25, -0.2) is 4.79 Å². The fourth-order valence-electron chi connectivity index (χ4n) is 2.34. The molecule has 1 heterocycles. The Bertz CT molecular complexity index is 273. The molecule has 0 aromatic rings. The lowest BCUT2D eigenvalue weighted by Gasteiger charge is -2.45. The fraction of sp³-hybridized carbons (Fsp3) is 0.750. The zero-order valence-electron chi connectivity index (χ0n) is 9.25. The van der Waals surface area contributed by atoms with Crippen LogP contribution in [0.25, 0.3) is 0 Å². The minimum atomic E-state index is -0.249. The van der Waals surface area contributed by atoms with E-state index in [-0.39, 0.29) is 11.6 Å². The maximum Gasteiger partial charge on any atom is 0.333 e. The highest BCUT2D eigenvalue weighted by molar-refractivity contribution is 5.87. The molecule has 1 unspecified atom stereocenters. The molecular formula is C12H18O3.